The van der Waals surface area contributed by atoms with Crippen molar-refractivity contribution in [3.63, 3.8) is 0 Å². The van der Waals surface area contributed by atoms with Gasteiger partial charge in [-0.1, -0.05) is 30.3 Å². The van der Waals surface area contributed by atoms with E-state index in [1.165, 1.54) is 24.3 Å². The normalized spacial score (nSPS) is 24.6. The molecule has 2 aliphatic heterocycles. The SMILES string of the molecule is O=C(C[C@H]1CC[C@@H]2[C@H](COC[C@H](O)CN2C(=O)Nc2ccc(F)cc2)O1)NCCc1ccccc1. The van der Waals surface area contributed by atoms with Gasteiger partial charge in [0.1, 0.15) is 11.9 Å². The van der Waals surface area contributed by atoms with E-state index in [0.717, 1.165) is 12.0 Å². The number of amides is 3. The van der Waals surface area contributed by atoms with Gasteiger partial charge < -0.3 is 30.1 Å². The molecule has 0 radical (unpaired) electrons. The molecule has 0 bridgehead atoms. The average molecular weight is 486 g/mol. The molecule has 0 saturated carbocycles. The second kappa shape index (κ2) is 12.1. The van der Waals surface area contributed by atoms with E-state index >= 15 is 0 Å². The molecule has 0 aliphatic carbocycles. The summed E-state index contributed by atoms with van der Waals surface area (Å²) in [5.74, 6) is -0.463. The molecule has 0 spiro atoms. The zero-order valence-corrected chi connectivity index (χ0v) is 19.6. The molecule has 0 unspecified atom stereocenters. The van der Waals surface area contributed by atoms with E-state index in [0.29, 0.717) is 25.1 Å². The van der Waals surface area contributed by atoms with Crippen molar-refractivity contribution in [3.8, 4) is 0 Å². The van der Waals surface area contributed by atoms with Gasteiger partial charge >= 0.3 is 6.03 Å². The van der Waals surface area contributed by atoms with Crippen LogP contribution in [0.15, 0.2) is 54.6 Å². The van der Waals surface area contributed by atoms with Crippen molar-refractivity contribution in [2.45, 2.75) is 50.0 Å². The van der Waals surface area contributed by atoms with Gasteiger partial charge in [-0.2, -0.15) is 0 Å². The van der Waals surface area contributed by atoms with Crippen molar-refractivity contribution in [1.82, 2.24) is 10.2 Å². The number of halogens is 1. The molecule has 9 heteroatoms. The monoisotopic (exact) mass is 485 g/mol. The summed E-state index contributed by atoms with van der Waals surface area (Å²) >= 11 is 0. The fourth-order valence-corrected chi connectivity index (χ4v) is 4.57. The van der Waals surface area contributed by atoms with E-state index in [1.54, 1.807) is 4.90 Å². The Labute approximate surface area is 204 Å². The number of hydrogen-bond acceptors (Lipinski definition) is 5. The van der Waals surface area contributed by atoms with Crippen LogP contribution in [0.2, 0.25) is 0 Å². The van der Waals surface area contributed by atoms with Crippen LogP contribution in [-0.4, -0.2) is 72.6 Å². The first-order chi connectivity index (χ1) is 17.0. The lowest BCUT2D eigenvalue weighted by molar-refractivity contribution is -0.149. The Kier molecular flexibility index (Phi) is 8.68. The number of ether oxygens (including phenoxy) is 2. The lowest BCUT2D eigenvalue weighted by atomic mass is 9.95. The van der Waals surface area contributed by atoms with Crippen molar-refractivity contribution >= 4 is 17.6 Å². The van der Waals surface area contributed by atoms with E-state index in [-0.39, 0.29) is 44.2 Å². The van der Waals surface area contributed by atoms with Crippen LogP contribution < -0.4 is 10.6 Å². The first-order valence-electron chi connectivity index (χ1n) is 12.0. The van der Waals surface area contributed by atoms with Crippen LogP contribution >= 0.6 is 0 Å². The van der Waals surface area contributed by atoms with Crippen LogP contribution in [0.5, 0.6) is 0 Å². The maximum atomic E-state index is 13.2. The molecule has 0 aromatic heterocycles. The van der Waals surface area contributed by atoms with Crippen LogP contribution in [0.1, 0.15) is 24.8 Å². The highest BCUT2D eigenvalue weighted by atomic mass is 19.1. The van der Waals surface area contributed by atoms with Crippen LogP contribution in [0.3, 0.4) is 0 Å². The third-order valence-electron chi connectivity index (χ3n) is 6.33. The highest BCUT2D eigenvalue weighted by molar-refractivity contribution is 5.89. The molecule has 35 heavy (non-hydrogen) atoms. The number of anilines is 1. The maximum Gasteiger partial charge on any atom is 0.322 e. The Morgan fingerprint density at radius 1 is 1.06 bits per heavy atom. The molecule has 2 aromatic carbocycles. The Balaban J connectivity index is 1.32. The Bertz CT molecular complexity index is 975. The van der Waals surface area contributed by atoms with Crippen molar-refractivity contribution in [1.29, 1.82) is 0 Å². The zero-order chi connectivity index (χ0) is 24.6. The van der Waals surface area contributed by atoms with E-state index in [9.17, 15) is 19.1 Å². The number of β-amino-alcohol motifs (C(OH)–C–C–N with tert-alkyl or cyclic N) is 1. The standard InChI is InChI=1S/C26H32FN3O5/c27-19-6-8-20(9-7-19)29-26(33)30-15-21(31)16-34-17-24-23(30)11-10-22(35-24)14-25(32)28-13-12-18-4-2-1-3-5-18/h1-9,21-24,31H,10-17H2,(H,28,32)(H,29,33)/t21-,22-,23-,24+/m1/s1. The largest absolute Gasteiger partial charge is 0.389 e. The van der Waals surface area contributed by atoms with Gasteiger partial charge in [-0.05, 0) is 49.1 Å². The summed E-state index contributed by atoms with van der Waals surface area (Å²) in [5.41, 5.74) is 1.62. The van der Waals surface area contributed by atoms with Crippen LogP contribution in [0.25, 0.3) is 0 Å². The smallest absolute Gasteiger partial charge is 0.322 e. The van der Waals surface area contributed by atoms with Crippen molar-refractivity contribution in [2.24, 2.45) is 0 Å². The molecule has 2 heterocycles. The van der Waals surface area contributed by atoms with Crippen LogP contribution in [0, 0.1) is 5.82 Å². The van der Waals surface area contributed by atoms with Gasteiger partial charge in [-0.15, -0.1) is 0 Å². The number of aliphatic hydroxyl groups is 1. The summed E-state index contributed by atoms with van der Waals surface area (Å²) in [7, 11) is 0. The minimum Gasteiger partial charge on any atom is -0.389 e. The Morgan fingerprint density at radius 3 is 2.60 bits per heavy atom. The molecule has 4 rings (SSSR count). The summed E-state index contributed by atoms with van der Waals surface area (Å²) < 4.78 is 25.0. The van der Waals surface area contributed by atoms with Crippen molar-refractivity contribution < 1.29 is 28.6 Å². The predicted octanol–water partition coefficient (Wildman–Crippen LogP) is 2.72. The van der Waals surface area contributed by atoms with Gasteiger partial charge in [0.2, 0.25) is 5.91 Å². The van der Waals surface area contributed by atoms with Gasteiger partial charge in [0.15, 0.2) is 0 Å². The number of carbonyl (C=O) groups is 2. The second-order valence-corrected chi connectivity index (χ2v) is 9.01. The molecule has 2 fully saturated rings. The number of rotatable bonds is 6. The number of aliphatic hydroxyl groups excluding tert-OH is 1. The summed E-state index contributed by atoms with van der Waals surface area (Å²) in [6.45, 7) is 0.938. The fourth-order valence-electron chi connectivity index (χ4n) is 4.57. The summed E-state index contributed by atoms with van der Waals surface area (Å²) in [6.07, 6.45) is 0.686. The maximum absolute atomic E-state index is 13.2. The zero-order valence-electron chi connectivity index (χ0n) is 19.6. The molecule has 4 atom stereocenters. The van der Waals surface area contributed by atoms with Gasteiger partial charge in [0, 0.05) is 12.2 Å². The molecular formula is C26H32FN3O5. The van der Waals surface area contributed by atoms with Gasteiger partial charge in [0.05, 0.1) is 44.4 Å². The Hall–Kier alpha value is -3.01. The minimum absolute atomic E-state index is 0.0718. The molecule has 3 N–H and O–H groups in total. The van der Waals surface area contributed by atoms with Crippen molar-refractivity contribution in [2.75, 3.05) is 31.6 Å². The van der Waals surface area contributed by atoms with Gasteiger partial charge in [0.25, 0.3) is 0 Å². The topological polar surface area (TPSA) is 100 Å². The van der Waals surface area contributed by atoms with Crippen LogP contribution in [-0.2, 0) is 20.7 Å². The fraction of sp³-hybridized carbons (Fsp3) is 0.462. The number of fused-ring (bicyclic) bond motifs is 1. The molecule has 8 nitrogen and oxygen atoms in total. The lowest BCUT2D eigenvalue weighted by Crippen LogP contribution is -2.58. The predicted molar refractivity (Wildman–Crippen MR) is 128 cm³/mol. The highest BCUT2D eigenvalue weighted by Gasteiger charge is 2.40. The van der Waals surface area contributed by atoms with E-state index in [1.807, 2.05) is 30.3 Å². The first-order valence-corrected chi connectivity index (χ1v) is 12.0. The number of hydrogen-bond donors (Lipinski definition) is 3. The number of urea groups is 1. The molecule has 2 aromatic rings. The van der Waals surface area contributed by atoms with E-state index in [2.05, 4.69) is 10.6 Å². The number of benzene rings is 2. The lowest BCUT2D eigenvalue weighted by Gasteiger charge is -2.44. The third kappa shape index (κ3) is 7.24. The summed E-state index contributed by atoms with van der Waals surface area (Å²) in [6, 6.07) is 14.8. The van der Waals surface area contributed by atoms with Crippen molar-refractivity contribution in [3.05, 3.63) is 66.0 Å². The minimum atomic E-state index is -0.831. The second-order valence-electron chi connectivity index (χ2n) is 9.01. The third-order valence-corrected chi connectivity index (χ3v) is 6.33. The average Bonchev–Trinajstić information content (AvgIpc) is 2.84. The van der Waals surface area contributed by atoms with E-state index in [4.69, 9.17) is 9.47 Å². The highest BCUT2D eigenvalue weighted by Crippen LogP contribution is 2.28. The molecule has 2 saturated heterocycles. The molecule has 2 aliphatic rings. The molecule has 3 amide bonds. The van der Waals surface area contributed by atoms with E-state index < -0.39 is 24.1 Å². The quantitative estimate of drug-likeness (QED) is 0.584. The molecular weight excluding hydrogens is 453 g/mol. The number of nitrogens with one attached hydrogen (secondary N) is 2. The van der Waals surface area contributed by atoms with Crippen LogP contribution in [0.4, 0.5) is 14.9 Å². The Morgan fingerprint density at radius 2 is 1.83 bits per heavy atom. The summed E-state index contributed by atoms with van der Waals surface area (Å²) in [4.78, 5) is 27.1. The number of nitrogens with zero attached hydrogens (tertiary/aromatic N) is 1. The van der Waals surface area contributed by atoms with Gasteiger partial charge in [-0.25, -0.2) is 9.18 Å². The summed E-state index contributed by atoms with van der Waals surface area (Å²) in [5, 5.41) is 16.0. The number of carbonyl (C=O) groups excluding carboxylic acids is 2. The first kappa shape index (κ1) is 25.1. The van der Waals surface area contributed by atoms with Gasteiger partial charge in [-0.3, -0.25) is 4.79 Å². The molecule has 188 valence electrons.